The minimum atomic E-state index is -4.58. The molecule has 0 fully saturated rings. The van der Waals surface area contributed by atoms with Crippen molar-refractivity contribution in [2.45, 2.75) is 57.1 Å². The van der Waals surface area contributed by atoms with Gasteiger partial charge in [0.05, 0.1) is 91.9 Å². The fourth-order valence-electron chi connectivity index (χ4n) is 9.54. The van der Waals surface area contributed by atoms with Gasteiger partial charge in [-0.1, -0.05) is 72.8 Å². The number of carboxylic acids is 1. The highest BCUT2D eigenvalue weighted by Gasteiger charge is 2.35. The Morgan fingerprint density at radius 1 is 0.592 bits per heavy atom. The molecule has 0 radical (unpaired) electrons. The topological polar surface area (TPSA) is 296 Å². The van der Waals surface area contributed by atoms with Crippen molar-refractivity contribution < 1.29 is 54.2 Å². The van der Waals surface area contributed by atoms with Crippen LogP contribution in [0.15, 0.2) is 168 Å². The number of hydrogen-bond donors (Lipinski definition) is 5. The molecular weight excluding hydrogens is 1770 g/mol. The van der Waals surface area contributed by atoms with Crippen LogP contribution in [-0.4, -0.2) is 75.4 Å². The van der Waals surface area contributed by atoms with Gasteiger partial charge in [0.15, 0.2) is 5.65 Å². The Kier molecular flexibility index (Phi) is 25.6. The molecule has 20 nitrogen and oxygen atoms in total. The number of alkyl halides is 11. The average molecular weight is 1820 g/mol. The highest BCUT2D eigenvalue weighted by Crippen LogP contribution is 2.36. The average Bonchev–Trinajstić information content (AvgIpc) is 1.06. The maximum atomic E-state index is 13.7. The number of nitrogen functional groups attached to an aromatic ring is 2. The van der Waals surface area contributed by atoms with Gasteiger partial charge in [-0.15, -0.1) is 23.2 Å². The number of rotatable bonds is 11. The Balaban J connectivity index is 0.000000169. The third-order valence-corrected chi connectivity index (χ3v) is 18.0. The lowest BCUT2D eigenvalue weighted by Gasteiger charge is -2.17. The van der Waals surface area contributed by atoms with E-state index in [1.807, 2.05) is 22.6 Å². The van der Waals surface area contributed by atoms with Crippen LogP contribution in [0.25, 0.3) is 32.8 Å². The van der Waals surface area contributed by atoms with Gasteiger partial charge in [-0.05, 0) is 164 Å². The first-order valence-electron chi connectivity index (χ1n) is 27.7. The van der Waals surface area contributed by atoms with E-state index in [1.165, 1.54) is 87.1 Å². The molecule has 0 spiro atoms. The van der Waals surface area contributed by atoms with Gasteiger partial charge in [-0.25, -0.2) is 39.4 Å². The second kappa shape index (κ2) is 32.9. The number of carbonyl (C=O) groups is 2. The molecule has 5 aromatic heterocycles. The molecule has 0 saturated carbocycles. The molecule has 6 aromatic carbocycles. The Labute approximate surface area is 610 Å². The van der Waals surface area contributed by atoms with Gasteiger partial charge >= 0.3 is 24.5 Å². The number of hydrogen-bond acceptors (Lipinski definition) is 15. The third-order valence-electron chi connectivity index (χ3n) is 13.9. The summed E-state index contributed by atoms with van der Waals surface area (Å²) >= 11 is 25.1. The van der Waals surface area contributed by atoms with Gasteiger partial charge in [0.1, 0.15) is 55.8 Å². The maximum Gasteiger partial charge on any atom is 0.416 e. The molecule has 1 amide bonds. The zero-order chi connectivity index (χ0) is 71.6. The van der Waals surface area contributed by atoms with E-state index < -0.39 is 58.2 Å². The van der Waals surface area contributed by atoms with E-state index in [1.54, 1.807) is 48.5 Å². The molecule has 0 atom stereocenters. The fraction of sp³-hybridized carbons (Fsp3) is 0.161. The number of nitrogens with zero attached hydrogens (tertiary/aromatic N) is 11. The van der Waals surface area contributed by atoms with Crippen molar-refractivity contribution >= 4 is 182 Å². The monoisotopic (exact) mass is 1810 g/mol. The highest BCUT2D eigenvalue weighted by atomic mass is 127. The lowest BCUT2D eigenvalue weighted by molar-refractivity contribution is -0.139. The SMILES string of the molecule is NCc1ccccc1C(F)(F)F.Nc1ncnc2c1C(I)=NC2.Nc1ncnc2c1c(I)nn2Cc1nc2cccc(Br)c2c(=O)n1Cc1ccccc1C(F)(F)F.O=C(CCl)Nc1cccc(Br)c1C(=O)O.O=c1c2c(Br)cccc2nc(CCl)n1Cc1ccccc1C(F)(F)F. The standard InChI is InChI=1S/C22H14BrF3IN7O.C17H11BrClF3N2O.C9H7BrClNO3.C8H8F3N.C6H5IN4/c23-13-6-3-7-14-16(13)21(35)33(8-11-4-1-2-5-12(11)22(24,25)26)15(31-14)9-34-20-17(18(27)32-34)19(28)29-10-30-20;18-12-6-3-7-13-15(12)16(25)24(14(8-19)23-13)9-10-4-1-2-5-11(10)17(20,21)22;10-5-2-1-3-6(8(5)9(14)15)12-7(13)4-11;9-8(10,11)7-4-2-1-3-6(7)5-12;7-5-4-3(1-9-5)10-2-11-6(4)8/h1-7,10H,8-9H2,(H2,28,29,30);1-7H,8-9H2;1-3H,4H2,(H,12,13)(H,14,15);1-4H,5,12H2;2H,1H2,(H2,8,10,11). The molecule has 0 unspecified atom stereocenters. The summed E-state index contributed by atoms with van der Waals surface area (Å²) in [5.74, 6) is -0.662. The molecular formula is C62H45Br3Cl2F9I2N15O5. The summed E-state index contributed by atoms with van der Waals surface area (Å²) in [5, 5.41) is 16.9. The Morgan fingerprint density at radius 2 is 1.06 bits per heavy atom. The van der Waals surface area contributed by atoms with Crippen LogP contribution in [0.4, 0.5) is 56.8 Å². The number of fused-ring (bicyclic) bond motifs is 4. The highest BCUT2D eigenvalue weighted by molar-refractivity contribution is 14.1. The van der Waals surface area contributed by atoms with Crippen molar-refractivity contribution in [3.05, 3.63) is 240 Å². The van der Waals surface area contributed by atoms with Crippen LogP contribution < -0.4 is 33.6 Å². The van der Waals surface area contributed by atoms with Gasteiger partial charge in [-0.3, -0.25) is 28.5 Å². The molecule has 1 aliphatic rings. The number of amides is 1. The molecule has 12 rings (SSSR count). The number of anilines is 3. The van der Waals surface area contributed by atoms with E-state index in [9.17, 15) is 58.7 Å². The number of nitrogens with one attached hydrogen (secondary N) is 1. The van der Waals surface area contributed by atoms with Gasteiger partial charge in [0.25, 0.3) is 11.1 Å². The lowest BCUT2D eigenvalue weighted by atomic mass is 10.1. The van der Waals surface area contributed by atoms with Crippen molar-refractivity contribution in [3.8, 4) is 0 Å². The summed E-state index contributed by atoms with van der Waals surface area (Å²) in [5.41, 5.74) is 17.0. The van der Waals surface area contributed by atoms with E-state index in [-0.39, 0.29) is 88.7 Å². The van der Waals surface area contributed by atoms with Crippen molar-refractivity contribution in [2.24, 2.45) is 10.7 Å². The summed E-state index contributed by atoms with van der Waals surface area (Å²) in [6, 6.07) is 30.5. The van der Waals surface area contributed by atoms with Crippen LogP contribution in [0.2, 0.25) is 0 Å². The summed E-state index contributed by atoms with van der Waals surface area (Å²) < 4.78 is 124. The van der Waals surface area contributed by atoms with Crippen LogP contribution in [0.5, 0.6) is 0 Å². The summed E-state index contributed by atoms with van der Waals surface area (Å²) in [6.07, 6.45) is -10.6. The molecule has 510 valence electrons. The van der Waals surface area contributed by atoms with Crippen molar-refractivity contribution in [1.29, 1.82) is 0 Å². The molecule has 0 aliphatic carbocycles. The lowest BCUT2D eigenvalue weighted by Crippen LogP contribution is -2.28. The fourth-order valence-corrected chi connectivity index (χ4v) is 12.9. The maximum absolute atomic E-state index is 13.7. The number of aromatic nitrogens is 10. The van der Waals surface area contributed by atoms with Crippen LogP contribution in [0, 0.1) is 3.70 Å². The van der Waals surface area contributed by atoms with Gasteiger partial charge < -0.3 is 27.6 Å². The van der Waals surface area contributed by atoms with Crippen molar-refractivity contribution in [2.75, 3.05) is 22.7 Å². The van der Waals surface area contributed by atoms with Gasteiger partial charge in [0, 0.05) is 20.0 Å². The van der Waals surface area contributed by atoms with Crippen molar-refractivity contribution in [1.82, 2.24) is 48.8 Å². The van der Waals surface area contributed by atoms with Crippen LogP contribution in [0.1, 0.15) is 66.6 Å². The first-order valence-corrected chi connectivity index (χ1v) is 33.4. The van der Waals surface area contributed by atoms with Crippen LogP contribution in [0.3, 0.4) is 0 Å². The second-order valence-electron chi connectivity index (χ2n) is 20.2. The van der Waals surface area contributed by atoms with E-state index in [0.29, 0.717) is 56.9 Å². The normalized spacial score (nSPS) is 11.9. The quantitative estimate of drug-likeness (QED) is 0.0457. The first-order chi connectivity index (χ1) is 46.4. The molecule has 1 aliphatic heterocycles. The first kappa shape index (κ1) is 76.0. The summed E-state index contributed by atoms with van der Waals surface area (Å²) in [4.78, 5) is 77.7. The molecule has 8 N–H and O–H groups in total. The third kappa shape index (κ3) is 18.2. The molecule has 11 aromatic rings. The molecule has 36 heteroatoms. The Morgan fingerprint density at radius 3 is 1.55 bits per heavy atom. The number of carboxylic acid groups (broad SMARTS) is 1. The van der Waals surface area contributed by atoms with E-state index >= 15 is 0 Å². The smallest absolute Gasteiger partial charge is 0.416 e. The van der Waals surface area contributed by atoms with Crippen LogP contribution in [-0.2, 0) is 61.9 Å². The second-order valence-corrected chi connectivity index (χ2v) is 25.3. The Hall–Kier alpha value is -7.75. The Bertz CT molecular complexity index is 4970. The van der Waals surface area contributed by atoms with E-state index in [2.05, 4.69) is 116 Å². The predicted molar refractivity (Wildman–Crippen MR) is 380 cm³/mol. The summed E-state index contributed by atoms with van der Waals surface area (Å²) in [6.45, 7) is -0.0692. The molecule has 0 bridgehead atoms. The van der Waals surface area contributed by atoms with E-state index in [4.69, 9.17) is 45.5 Å². The van der Waals surface area contributed by atoms with E-state index in [0.717, 1.165) is 33.2 Å². The zero-order valence-corrected chi connectivity index (χ0v) is 60.1. The van der Waals surface area contributed by atoms with Crippen molar-refractivity contribution in [3.63, 3.8) is 0 Å². The number of aliphatic imine (C=N–C) groups is 1. The number of aromatic carboxylic acids is 1. The number of benzene rings is 6. The number of carbonyl (C=O) groups excluding carboxylic acids is 1. The predicted octanol–water partition coefficient (Wildman–Crippen LogP) is 14.8. The minimum Gasteiger partial charge on any atom is -0.478 e. The number of halogens is 16. The molecule has 0 saturated heterocycles. The van der Waals surface area contributed by atoms with Crippen LogP contribution >= 0.6 is 116 Å². The van der Waals surface area contributed by atoms with Gasteiger partial charge in [-0.2, -0.15) is 44.6 Å². The largest absolute Gasteiger partial charge is 0.478 e. The van der Waals surface area contributed by atoms with Gasteiger partial charge in [0.2, 0.25) is 5.91 Å². The number of nitrogens with two attached hydrogens (primary N) is 3. The zero-order valence-electron chi connectivity index (χ0n) is 49.5. The summed E-state index contributed by atoms with van der Waals surface area (Å²) in [7, 11) is 0. The minimum absolute atomic E-state index is 0.0102. The molecule has 98 heavy (non-hydrogen) atoms. The molecule has 6 heterocycles.